The van der Waals surface area contributed by atoms with Gasteiger partial charge in [0.1, 0.15) is 0 Å². The molecule has 88 valence electrons. The van der Waals surface area contributed by atoms with E-state index in [-0.39, 0.29) is 6.61 Å². The second-order valence-corrected chi connectivity index (χ2v) is 6.01. The van der Waals surface area contributed by atoms with Gasteiger partial charge >= 0.3 is 0 Å². The standard InChI is InChI=1S/C11H14O3S2/c12-4-6-16-15-5-3-9-1-2-10-11(7-9)14-8-13-10/h1-2,7,12H,3-6,8H2. The molecule has 0 saturated heterocycles. The Hall–Kier alpha value is -0.520. The summed E-state index contributed by atoms with van der Waals surface area (Å²) >= 11 is 0. The van der Waals surface area contributed by atoms with Gasteiger partial charge in [0.15, 0.2) is 11.5 Å². The van der Waals surface area contributed by atoms with E-state index in [1.165, 1.54) is 5.56 Å². The van der Waals surface area contributed by atoms with Crippen molar-refractivity contribution in [1.82, 2.24) is 0 Å². The van der Waals surface area contributed by atoms with Gasteiger partial charge in [-0.3, -0.25) is 0 Å². The lowest BCUT2D eigenvalue weighted by atomic mass is 10.1. The first-order valence-electron chi connectivity index (χ1n) is 5.14. The molecular formula is C11H14O3S2. The molecule has 0 spiro atoms. The van der Waals surface area contributed by atoms with E-state index < -0.39 is 0 Å². The highest BCUT2D eigenvalue weighted by Gasteiger charge is 2.12. The van der Waals surface area contributed by atoms with Crippen LogP contribution in [0.25, 0.3) is 0 Å². The first-order valence-corrected chi connectivity index (χ1v) is 7.63. The fourth-order valence-electron chi connectivity index (χ4n) is 1.41. The van der Waals surface area contributed by atoms with Crippen LogP contribution in [-0.4, -0.2) is 30.0 Å². The molecule has 0 radical (unpaired) electrons. The van der Waals surface area contributed by atoms with Gasteiger partial charge in [-0.2, -0.15) is 0 Å². The molecule has 16 heavy (non-hydrogen) atoms. The molecule has 0 bridgehead atoms. The van der Waals surface area contributed by atoms with Crippen molar-refractivity contribution in [3.05, 3.63) is 23.8 Å². The fraction of sp³-hybridized carbons (Fsp3) is 0.455. The predicted octanol–water partition coefficient (Wildman–Crippen LogP) is 2.33. The maximum absolute atomic E-state index is 8.62. The van der Waals surface area contributed by atoms with E-state index in [1.807, 2.05) is 12.1 Å². The van der Waals surface area contributed by atoms with Crippen molar-refractivity contribution in [3.8, 4) is 11.5 Å². The number of aliphatic hydroxyl groups excluding tert-OH is 1. The molecule has 1 aliphatic heterocycles. The van der Waals surface area contributed by atoms with Crippen molar-refractivity contribution in [1.29, 1.82) is 0 Å². The lowest BCUT2D eigenvalue weighted by molar-refractivity contribution is 0.174. The van der Waals surface area contributed by atoms with Crippen molar-refractivity contribution < 1.29 is 14.6 Å². The number of aliphatic hydroxyl groups is 1. The molecule has 0 saturated carbocycles. The summed E-state index contributed by atoms with van der Waals surface area (Å²) in [7, 11) is 3.50. The molecule has 0 fully saturated rings. The maximum Gasteiger partial charge on any atom is 0.231 e. The zero-order valence-corrected chi connectivity index (χ0v) is 10.5. The Labute approximate surface area is 103 Å². The Morgan fingerprint density at radius 2 is 1.94 bits per heavy atom. The smallest absolute Gasteiger partial charge is 0.231 e. The first-order chi connectivity index (χ1) is 7.90. The molecule has 1 aromatic rings. The van der Waals surface area contributed by atoms with Gasteiger partial charge in [-0.15, -0.1) is 0 Å². The number of ether oxygens (including phenoxy) is 2. The van der Waals surface area contributed by atoms with E-state index in [0.29, 0.717) is 6.79 Å². The summed E-state index contributed by atoms with van der Waals surface area (Å²) < 4.78 is 10.6. The SMILES string of the molecule is OCCSSCCc1ccc2c(c1)OCO2. The van der Waals surface area contributed by atoms with E-state index in [9.17, 15) is 0 Å². The van der Waals surface area contributed by atoms with Crippen LogP contribution < -0.4 is 9.47 Å². The van der Waals surface area contributed by atoms with Gasteiger partial charge < -0.3 is 14.6 Å². The zero-order chi connectivity index (χ0) is 11.2. The molecule has 0 amide bonds. The van der Waals surface area contributed by atoms with Crippen LogP contribution in [-0.2, 0) is 6.42 Å². The molecule has 0 aromatic heterocycles. The Balaban J connectivity index is 1.77. The minimum absolute atomic E-state index is 0.252. The molecule has 3 nitrogen and oxygen atoms in total. The van der Waals surface area contributed by atoms with E-state index in [4.69, 9.17) is 14.6 Å². The van der Waals surface area contributed by atoms with Gasteiger partial charge in [0.2, 0.25) is 6.79 Å². The van der Waals surface area contributed by atoms with E-state index in [2.05, 4.69) is 6.07 Å². The lowest BCUT2D eigenvalue weighted by Crippen LogP contribution is -1.93. The summed E-state index contributed by atoms with van der Waals surface area (Å²) in [5.41, 5.74) is 1.27. The third-order valence-electron chi connectivity index (χ3n) is 2.17. The van der Waals surface area contributed by atoms with Crippen LogP contribution in [0.2, 0.25) is 0 Å². The van der Waals surface area contributed by atoms with Crippen LogP contribution in [0.1, 0.15) is 5.56 Å². The van der Waals surface area contributed by atoms with Gasteiger partial charge in [-0.05, 0) is 24.1 Å². The van der Waals surface area contributed by atoms with Gasteiger partial charge in [-0.25, -0.2) is 0 Å². The maximum atomic E-state index is 8.62. The average Bonchev–Trinajstić information content (AvgIpc) is 2.76. The average molecular weight is 258 g/mol. The Bertz CT molecular complexity index is 344. The molecule has 1 aromatic carbocycles. The van der Waals surface area contributed by atoms with Gasteiger partial charge in [0, 0.05) is 11.5 Å². The molecule has 5 heteroatoms. The number of hydrogen-bond donors (Lipinski definition) is 1. The van der Waals surface area contributed by atoms with Gasteiger partial charge in [0.25, 0.3) is 0 Å². The van der Waals surface area contributed by atoms with Crippen molar-refractivity contribution >= 4 is 21.6 Å². The van der Waals surface area contributed by atoms with Crippen molar-refractivity contribution in [2.24, 2.45) is 0 Å². The van der Waals surface area contributed by atoms with E-state index >= 15 is 0 Å². The van der Waals surface area contributed by atoms with E-state index in [1.54, 1.807) is 21.6 Å². The quantitative estimate of drug-likeness (QED) is 0.626. The first kappa shape index (κ1) is 12.0. The third kappa shape index (κ3) is 3.23. The Morgan fingerprint density at radius 1 is 1.12 bits per heavy atom. The zero-order valence-electron chi connectivity index (χ0n) is 8.85. The van der Waals surface area contributed by atoms with Crippen LogP contribution in [0.4, 0.5) is 0 Å². The third-order valence-corrected chi connectivity index (χ3v) is 4.56. The highest BCUT2D eigenvalue weighted by molar-refractivity contribution is 8.76. The lowest BCUT2D eigenvalue weighted by Gasteiger charge is -2.02. The monoisotopic (exact) mass is 258 g/mol. The highest BCUT2D eigenvalue weighted by Crippen LogP contribution is 2.33. The van der Waals surface area contributed by atoms with Crippen LogP contribution in [0.15, 0.2) is 18.2 Å². The molecule has 1 aliphatic rings. The minimum atomic E-state index is 0.252. The second-order valence-electron chi connectivity index (χ2n) is 3.31. The molecule has 1 N–H and O–H groups in total. The van der Waals surface area contributed by atoms with Gasteiger partial charge in [0.05, 0.1) is 6.61 Å². The summed E-state index contributed by atoms with van der Waals surface area (Å²) in [4.78, 5) is 0. The Morgan fingerprint density at radius 3 is 2.81 bits per heavy atom. The normalized spacial score (nSPS) is 13.1. The van der Waals surface area contributed by atoms with Crippen LogP contribution >= 0.6 is 21.6 Å². The molecular weight excluding hydrogens is 244 g/mol. The summed E-state index contributed by atoms with van der Waals surface area (Å²) in [6.45, 7) is 0.585. The number of fused-ring (bicyclic) bond motifs is 1. The predicted molar refractivity (Wildman–Crippen MR) is 68.3 cm³/mol. The topological polar surface area (TPSA) is 38.7 Å². The van der Waals surface area contributed by atoms with Crippen molar-refractivity contribution in [2.75, 3.05) is 24.9 Å². The summed E-state index contributed by atoms with van der Waals surface area (Å²) in [5.74, 6) is 3.53. The minimum Gasteiger partial charge on any atom is -0.454 e. The molecule has 0 unspecified atom stereocenters. The molecule has 0 aliphatic carbocycles. The molecule has 0 atom stereocenters. The molecule has 1 heterocycles. The molecule has 2 rings (SSSR count). The number of hydrogen-bond acceptors (Lipinski definition) is 5. The van der Waals surface area contributed by atoms with Crippen LogP contribution in [0, 0.1) is 0 Å². The van der Waals surface area contributed by atoms with Crippen LogP contribution in [0.5, 0.6) is 11.5 Å². The summed E-state index contributed by atoms with van der Waals surface area (Å²) in [6.07, 6.45) is 1.01. The second kappa shape index (κ2) is 6.27. The highest BCUT2D eigenvalue weighted by atomic mass is 33.1. The van der Waals surface area contributed by atoms with Crippen LogP contribution in [0.3, 0.4) is 0 Å². The number of aryl methyl sites for hydroxylation is 1. The summed E-state index contributed by atoms with van der Waals surface area (Å²) in [5, 5.41) is 8.62. The van der Waals surface area contributed by atoms with Crippen molar-refractivity contribution in [2.45, 2.75) is 6.42 Å². The Kier molecular flexibility index (Phi) is 4.69. The number of benzene rings is 1. The fourth-order valence-corrected chi connectivity index (χ4v) is 3.22. The van der Waals surface area contributed by atoms with E-state index in [0.717, 1.165) is 29.4 Å². The largest absolute Gasteiger partial charge is 0.454 e. The van der Waals surface area contributed by atoms with Crippen molar-refractivity contribution in [3.63, 3.8) is 0 Å². The summed E-state index contributed by atoms with van der Waals surface area (Å²) in [6, 6.07) is 6.08. The number of rotatable bonds is 6. The van der Waals surface area contributed by atoms with Gasteiger partial charge in [-0.1, -0.05) is 27.7 Å².